The number of hydrogen-bond donors (Lipinski definition) is 0. The Balaban J connectivity index is 0.00000261. The molecule has 0 aromatic heterocycles. The Morgan fingerprint density at radius 3 is 1.85 bits per heavy atom. The quantitative estimate of drug-likeness (QED) is 0.662. The molecule has 0 radical (unpaired) electrons. The Hall–Kier alpha value is -1.91. The van der Waals surface area contributed by atoms with Gasteiger partial charge < -0.3 is 4.90 Å². The Morgan fingerprint density at radius 2 is 1.37 bits per heavy atom. The Morgan fingerprint density at radius 1 is 0.889 bits per heavy atom. The third-order valence-corrected chi connectivity index (χ3v) is 5.37. The lowest BCUT2D eigenvalue weighted by molar-refractivity contribution is 0.103. The molecule has 5 heteroatoms. The van der Waals surface area contributed by atoms with Crippen molar-refractivity contribution in [3.05, 3.63) is 65.5 Å². The van der Waals surface area contributed by atoms with Crippen molar-refractivity contribution >= 4 is 23.9 Å². The van der Waals surface area contributed by atoms with Crippen molar-refractivity contribution < 1.29 is 9.18 Å². The average molecular weight is 391 g/mol. The number of carbonyl (C=O) groups is 1. The van der Waals surface area contributed by atoms with Crippen LogP contribution in [-0.2, 0) is 0 Å². The van der Waals surface area contributed by atoms with Gasteiger partial charge in [0.15, 0.2) is 5.78 Å². The fourth-order valence-corrected chi connectivity index (χ4v) is 3.74. The van der Waals surface area contributed by atoms with Gasteiger partial charge >= 0.3 is 0 Å². The largest absolute Gasteiger partial charge is 0.369 e. The molecule has 27 heavy (non-hydrogen) atoms. The molecule has 3 rings (SSSR count). The first-order valence-corrected chi connectivity index (χ1v) is 9.51. The zero-order chi connectivity index (χ0) is 18.5. The second-order valence-corrected chi connectivity index (χ2v) is 6.88. The van der Waals surface area contributed by atoms with Gasteiger partial charge in [0.25, 0.3) is 0 Å². The van der Waals surface area contributed by atoms with E-state index in [9.17, 15) is 9.18 Å². The highest BCUT2D eigenvalue weighted by Gasteiger charge is 2.22. The number of halogens is 2. The molecule has 1 fully saturated rings. The third-order valence-electron chi connectivity index (χ3n) is 5.37. The van der Waals surface area contributed by atoms with Gasteiger partial charge in [-0.05, 0) is 61.4 Å². The molecule has 1 saturated heterocycles. The molecule has 0 N–H and O–H groups in total. The van der Waals surface area contributed by atoms with Gasteiger partial charge in [-0.25, -0.2) is 4.39 Å². The maximum atomic E-state index is 13.0. The highest BCUT2D eigenvalue weighted by Crippen LogP contribution is 2.21. The summed E-state index contributed by atoms with van der Waals surface area (Å²) in [4.78, 5) is 17.5. The van der Waals surface area contributed by atoms with Crippen molar-refractivity contribution in [2.75, 3.05) is 31.1 Å². The lowest BCUT2D eigenvalue weighted by Crippen LogP contribution is -2.50. The fourth-order valence-electron chi connectivity index (χ4n) is 3.74. The van der Waals surface area contributed by atoms with Crippen LogP contribution in [0.4, 0.5) is 10.1 Å². The molecule has 0 aliphatic carbocycles. The zero-order valence-corrected chi connectivity index (χ0v) is 16.8. The monoisotopic (exact) mass is 390 g/mol. The number of benzene rings is 2. The summed E-state index contributed by atoms with van der Waals surface area (Å²) in [6, 6.07) is 14.2. The molecule has 146 valence electrons. The number of piperazine rings is 1. The maximum absolute atomic E-state index is 13.0. The van der Waals surface area contributed by atoms with Crippen LogP contribution in [0.15, 0.2) is 48.5 Å². The van der Waals surface area contributed by atoms with Crippen molar-refractivity contribution in [3.63, 3.8) is 0 Å². The lowest BCUT2D eigenvalue weighted by atomic mass is 10.0. The van der Waals surface area contributed by atoms with Crippen LogP contribution < -0.4 is 4.90 Å². The van der Waals surface area contributed by atoms with E-state index in [0.29, 0.717) is 17.2 Å². The summed E-state index contributed by atoms with van der Waals surface area (Å²) in [6.45, 7) is 8.73. The van der Waals surface area contributed by atoms with Gasteiger partial charge in [0, 0.05) is 49.0 Å². The predicted octanol–water partition coefficient (Wildman–Crippen LogP) is 4.79. The van der Waals surface area contributed by atoms with Crippen LogP contribution in [0, 0.1) is 5.82 Å². The highest BCUT2D eigenvalue weighted by molar-refractivity contribution is 6.09. The number of anilines is 1. The van der Waals surface area contributed by atoms with Crippen LogP contribution >= 0.6 is 12.4 Å². The van der Waals surface area contributed by atoms with Crippen LogP contribution in [0.3, 0.4) is 0 Å². The Labute approximate surface area is 167 Å². The Kier molecular flexibility index (Phi) is 7.81. The van der Waals surface area contributed by atoms with E-state index in [4.69, 9.17) is 0 Å². The van der Waals surface area contributed by atoms with Crippen LogP contribution in [0.1, 0.15) is 42.6 Å². The number of hydrogen-bond acceptors (Lipinski definition) is 3. The number of carbonyl (C=O) groups excluding carboxylic acids is 1. The SMILES string of the molecule is CCC(CC)N1CCN(c2ccc(C(=O)c3ccc(F)cc3)cc2)CC1.Cl. The minimum atomic E-state index is -0.329. The first-order valence-electron chi connectivity index (χ1n) is 9.51. The second-order valence-electron chi connectivity index (χ2n) is 6.88. The van der Waals surface area contributed by atoms with Crippen LogP contribution in [0.25, 0.3) is 0 Å². The summed E-state index contributed by atoms with van der Waals surface area (Å²) in [6.07, 6.45) is 2.41. The van der Waals surface area contributed by atoms with Crippen LogP contribution in [-0.4, -0.2) is 42.9 Å². The summed E-state index contributed by atoms with van der Waals surface area (Å²) in [5, 5.41) is 0. The minimum Gasteiger partial charge on any atom is -0.369 e. The molecule has 0 spiro atoms. The van der Waals surface area contributed by atoms with Gasteiger partial charge in [-0.3, -0.25) is 9.69 Å². The summed E-state index contributed by atoms with van der Waals surface area (Å²) < 4.78 is 13.0. The summed E-state index contributed by atoms with van der Waals surface area (Å²) >= 11 is 0. The average Bonchev–Trinajstić information content (AvgIpc) is 2.70. The van der Waals surface area contributed by atoms with E-state index in [1.807, 2.05) is 24.3 Å². The highest BCUT2D eigenvalue weighted by atomic mass is 35.5. The second kappa shape index (κ2) is 9.86. The van der Waals surface area contributed by atoms with E-state index in [0.717, 1.165) is 31.9 Å². The van der Waals surface area contributed by atoms with Gasteiger partial charge in [0.1, 0.15) is 5.82 Å². The molecule has 0 amide bonds. The molecule has 0 saturated carbocycles. The van der Waals surface area contributed by atoms with Gasteiger partial charge in [0.2, 0.25) is 0 Å². The van der Waals surface area contributed by atoms with Gasteiger partial charge in [-0.2, -0.15) is 0 Å². The molecule has 2 aromatic carbocycles. The Bertz CT molecular complexity index is 721. The van der Waals surface area contributed by atoms with E-state index in [-0.39, 0.29) is 24.0 Å². The zero-order valence-electron chi connectivity index (χ0n) is 16.0. The number of rotatable bonds is 6. The molecule has 0 atom stereocenters. The van der Waals surface area contributed by atoms with Crippen molar-refractivity contribution in [2.45, 2.75) is 32.7 Å². The molecule has 2 aromatic rings. The number of ketones is 1. The first kappa shape index (κ1) is 21.4. The molecule has 1 aliphatic heterocycles. The molecule has 1 aliphatic rings. The molecule has 0 bridgehead atoms. The number of nitrogens with zero attached hydrogens (tertiary/aromatic N) is 2. The maximum Gasteiger partial charge on any atom is 0.193 e. The summed E-state index contributed by atoms with van der Waals surface area (Å²) in [5.41, 5.74) is 2.30. The van der Waals surface area contributed by atoms with Crippen molar-refractivity contribution in [1.82, 2.24) is 4.90 Å². The topological polar surface area (TPSA) is 23.6 Å². The lowest BCUT2D eigenvalue weighted by Gasteiger charge is -2.39. The van der Waals surface area contributed by atoms with E-state index in [1.165, 1.54) is 37.1 Å². The van der Waals surface area contributed by atoms with Gasteiger partial charge in [-0.1, -0.05) is 13.8 Å². The van der Waals surface area contributed by atoms with E-state index >= 15 is 0 Å². The molecular formula is C22H28ClFN2O. The van der Waals surface area contributed by atoms with E-state index < -0.39 is 0 Å². The first-order chi connectivity index (χ1) is 12.6. The molecular weight excluding hydrogens is 363 g/mol. The normalized spacial score (nSPS) is 14.9. The van der Waals surface area contributed by atoms with Crippen LogP contribution in [0.5, 0.6) is 0 Å². The smallest absolute Gasteiger partial charge is 0.193 e. The predicted molar refractivity (Wildman–Crippen MR) is 112 cm³/mol. The van der Waals surface area contributed by atoms with Crippen molar-refractivity contribution in [3.8, 4) is 0 Å². The standard InChI is InChI=1S/C22H27FN2O.ClH/c1-3-20(4-2)24-13-15-25(16-14-24)21-11-7-18(8-12-21)22(26)17-5-9-19(23)10-6-17;/h5-12,20H,3-4,13-16H2,1-2H3;1H. The van der Waals surface area contributed by atoms with Gasteiger partial charge in [-0.15, -0.1) is 12.4 Å². The third kappa shape index (κ3) is 5.08. The molecule has 1 heterocycles. The fraction of sp³-hybridized carbons (Fsp3) is 0.409. The molecule has 0 unspecified atom stereocenters. The summed E-state index contributed by atoms with van der Waals surface area (Å²) in [5.74, 6) is -0.403. The van der Waals surface area contributed by atoms with E-state index in [1.54, 1.807) is 0 Å². The molecule has 3 nitrogen and oxygen atoms in total. The minimum absolute atomic E-state index is 0. The van der Waals surface area contributed by atoms with Crippen molar-refractivity contribution in [2.24, 2.45) is 0 Å². The van der Waals surface area contributed by atoms with Gasteiger partial charge in [0.05, 0.1) is 0 Å². The van der Waals surface area contributed by atoms with E-state index in [2.05, 4.69) is 23.6 Å². The summed E-state index contributed by atoms with van der Waals surface area (Å²) in [7, 11) is 0. The van der Waals surface area contributed by atoms with Crippen LogP contribution in [0.2, 0.25) is 0 Å². The van der Waals surface area contributed by atoms with Crippen molar-refractivity contribution in [1.29, 1.82) is 0 Å².